The number of fused-ring (bicyclic) bond motifs is 1. The van der Waals surface area contributed by atoms with E-state index in [4.69, 9.17) is 16.3 Å². The maximum Gasteiger partial charge on any atom is 0.273 e. The molecule has 1 aliphatic heterocycles. The molecule has 2 aliphatic rings. The average molecular weight is 436 g/mol. The van der Waals surface area contributed by atoms with Crippen molar-refractivity contribution in [2.45, 2.75) is 51.1 Å². The largest absolute Gasteiger partial charge is 0.494 e. The van der Waals surface area contributed by atoms with Crippen molar-refractivity contribution in [1.82, 2.24) is 15.1 Å². The molecule has 5 nitrogen and oxygen atoms in total. The summed E-state index contributed by atoms with van der Waals surface area (Å²) in [7, 11) is 0. The highest BCUT2D eigenvalue weighted by Gasteiger charge is 2.45. The van der Waals surface area contributed by atoms with E-state index in [2.05, 4.69) is 34.2 Å². The zero-order valence-corrected chi connectivity index (χ0v) is 18.4. The molecule has 0 spiro atoms. The van der Waals surface area contributed by atoms with Crippen molar-refractivity contribution in [2.75, 3.05) is 6.61 Å². The molecule has 6 heteroatoms. The van der Waals surface area contributed by atoms with Crippen LogP contribution in [0.1, 0.15) is 66.7 Å². The van der Waals surface area contributed by atoms with Crippen LogP contribution in [0.5, 0.6) is 5.75 Å². The Morgan fingerprint density at radius 2 is 1.94 bits per heavy atom. The zero-order chi connectivity index (χ0) is 21.4. The zero-order valence-electron chi connectivity index (χ0n) is 17.6. The first-order chi connectivity index (χ1) is 15.2. The lowest BCUT2D eigenvalue weighted by Gasteiger charge is -2.32. The topological polar surface area (TPSA) is 58.2 Å². The van der Waals surface area contributed by atoms with Crippen molar-refractivity contribution < 1.29 is 9.53 Å². The van der Waals surface area contributed by atoms with Crippen molar-refractivity contribution in [1.29, 1.82) is 0 Å². The Balaban J connectivity index is 1.63. The summed E-state index contributed by atoms with van der Waals surface area (Å²) < 4.78 is 5.90. The van der Waals surface area contributed by atoms with Gasteiger partial charge in [0.05, 0.1) is 18.3 Å². The average Bonchev–Trinajstić information content (AvgIpc) is 3.51. The third-order valence-electron chi connectivity index (χ3n) is 6.29. The first-order valence-corrected chi connectivity index (χ1v) is 11.4. The predicted molar refractivity (Wildman–Crippen MR) is 122 cm³/mol. The number of aromatic amines is 1. The van der Waals surface area contributed by atoms with E-state index >= 15 is 0 Å². The van der Waals surface area contributed by atoms with E-state index in [1.165, 1.54) is 0 Å². The van der Waals surface area contributed by atoms with Gasteiger partial charge in [-0.25, -0.2) is 0 Å². The summed E-state index contributed by atoms with van der Waals surface area (Å²) in [6.45, 7) is 2.77. The minimum atomic E-state index is -0.180. The molecule has 160 valence electrons. The quantitative estimate of drug-likeness (QED) is 0.516. The molecule has 2 aromatic carbocycles. The Bertz CT molecular complexity index is 1090. The maximum absolute atomic E-state index is 13.5. The van der Waals surface area contributed by atoms with Gasteiger partial charge < -0.3 is 9.64 Å². The fourth-order valence-electron chi connectivity index (χ4n) is 4.87. The highest BCUT2D eigenvalue weighted by molar-refractivity contribution is 6.30. The highest BCUT2D eigenvalue weighted by atomic mass is 35.5. The van der Waals surface area contributed by atoms with Gasteiger partial charge in [-0.1, -0.05) is 55.6 Å². The van der Waals surface area contributed by atoms with Gasteiger partial charge in [0.1, 0.15) is 11.4 Å². The number of carbonyl (C=O) groups is 1. The summed E-state index contributed by atoms with van der Waals surface area (Å²) in [6, 6.07) is 15.9. The lowest BCUT2D eigenvalue weighted by atomic mass is 9.95. The van der Waals surface area contributed by atoms with Crippen LogP contribution in [0.2, 0.25) is 5.02 Å². The third-order valence-corrected chi connectivity index (χ3v) is 6.54. The summed E-state index contributed by atoms with van der Waals surface area (Å²) in [4.78, 5) is 15.6. The second-order valence-corrected chi connectivity index (χ2v) is 8.78. The number of carbonyl (C=O) groups excluding carboxylic acids is 1. The Hall–Kier alpha value is -2.79. The van der Waals surface area contributed by atoms with Crippen molar-refractivity contribution in [3.05, 3.63) is 70.4 Å². The Morgan fingerprint density at radius 1 is 1.16 bits per heavy atom. The number of benzene rings is 2. The molecule has 31 heavy (non-hydrogen) atoms. The van der Waals surface area contributed by atoms with Gasteiger partial charge >= 0.3 is 0 Å². The van der Waals surface area contributed by atoms with Gasteiger partial charge in [0, 0.05) is 22.2 Å². The number of nitrogens with one attached hydrogen (secondary N) is 1. The molecule has 0 bridgehead atoms. The molecule has 1 aromatic heterocycles. The van der Waals surface area contributed by atoms with E-state index in [0.29, 0.717) is 17.3 Å². The molecule has 0 saturated heterocycles. The monoisotopic (exact) mass is 435 g/mol. The van der Waals surface area contributed by atoms with Gasteiger partial charge in [0.25, 0.3) is 5.91 Å². The third kappa shape index (κ3) is 3.61. The van der Waals surface area contributed by atoms with Crippen LogP contribution in [0.3, 0.4) is 0 Å². The smallest absolute Gasteiger partial charge is 0.273 e. The molecule has 3 aromatic rings. The van der Waals surface area contributed by atoms with Crippen LogP contribution < -0.4 is 4.74 Å². The highest BCUT2D eigenvalue weighted by Crippen LogP contribution is 2.46. The van der Waals surface area contributed by atoms with E-state index < -0.39 is 0 Å². The minimum Gasteiger partial charge on any atom is -0.494 e. The number of nitrogens with zero attached hydrogens (tertiary/aromatic N) is 2. The van der Waals surface area contributed by atoms with E-state index in [1.807, 2.05) is 36.4 Å². The lowest BCUT2D eigenvalue weighted by Crippen LogP contribution is -2.37. The standard InChI is InChI=1S/C25H26ClN3O2/c1-2-14-31-20-9-5-6-17(15-20)24-21-22(16-10-12-18(26)13-11-16)27-28-23(21)25(30)29(24)19-7-3-4-8-19/h5-6,9-13,15,19,24H,2-4,7-8,14H2,1H3,(H,27,28). The van der Waals surface area contributed by atoms with Crippen LogP contribution in [0.15, 0.2) is 48.5 Å². The molecular weight excluding hydrogens is 410 g/mol. The number of rotatable bonds is 6. The molecule has 0 radical (unpaired) electrons. The second kappa shape index (κ2) is 8.39. The van der Waals surface area contributed by atoms with Crippen molar-refractivity contribution in [3.8, 4) is 17.0 Å². The molecule has 1 fully saturated rings. The van der Waals surface area contributed by atoms with Gasteiger partial charge in [-0.15, -0.1) is 0 Å². The van der Waals surface area contributed by atoms with Gasteiger partial charge in [0.2, 0.25) is 0 Å². The molecule has 1 unspecified atom stereocenters. The number of halogens is 1. The van der Waals surface area contributed by atoms with Crippen molar-refractivity contribution in [2.24, 2.45) is 0 Å². The number of hydrogen-bond donors (Lipinski definition) is 1. The number of H-pyrrole nitrogens is 1. The molecule has 5 rings (SSSR count). The molecule has 2 heterocycles. The van der Waals surface area contributed by atoms with E-state index in [-0.39, 0.29) is 18.0 Å². The first-order valence-electron chi connectivity index (χ1n) is 11.1. The molecular formula is C25H26ClN3O2. The fourth-order valence-corrected chi connectivity index (χ4v) is 5.00. The summed E-state index contributed by atoms with van der Waals surface area (Å²) in [5.74, 6) is 0.877. The SMILES string of the molecule is CCCOc1cccc(C2c3c(-c4ccc(Cl)cc4)n[nH]c3C(=O)N2C2CCCC2)c1. The fraction of sp³-hybridized carbons (Fsp3) is 0.360. The van der Waals surface area contributed by atoms with Crippen molar-refractivity contribution in [3.63, 3.8) is 0 Å². The van der Waals surface area contributed by atoms with Crippen LogP contribution in [-0.4, -0.2) is 33.7 Å². The van der Waals surface area contributed by atoms with Crippen LogP contribution >= 0.6 is 11.6 Å². The van der Waals surface area contributed by atoms with Gasteiger partial charge in [-0.05, 0) is 49.1 Å². The molecule has 1 N–H and O–H groups in total. The Kier molecular flexibility index (Phi) is 5.45. The molecule has 1 amide bonds. The summed E-state index contributed by atoms with van der Waals surface area (Å²) in [5, 5.41) is 8.27. The second-order valence-electron chi connectivity index (χ2n) is 8.34. The van der Waals surface area contributed by atoms with E-state index in [1.54, 1.807) is 0 Å². The number of amides is 1. The minimum absolute atomic E-state index is 0.0412. The van der Waals surface area contributed by atoms with E-state index in [9.17, 15) is 4.79 Å². The van der Waals surface area contributed by atoms with E-state index in [0.717, 1.165) is 60.2 Å². The van der Waals surface area contributed by atoms with Gasteiger partial charge in [-0.3, -0.25) is 9.89 Å². The Morgan fingerprint density at radius 3 is 2.68 bits per heavy atom. The molecule has 1 aliphatic carbocycles. The van der Waals surface area contributed by atoms with Crippen LogP contribution in [0, 0.1) is 0 Å². The van der Waals surface area contributed by atoms with Crippen molar-refractivity contribution >= 4 is 17.5 Å². The Labute approximate surface area is 187 Å². The molecule has 1 saturated carbocycles. The van der Waals surface area contributed by atoms with Crippen LogP contribution in [0.4, 0.5) is 0 Å². The summed E-state index contributed by atoms with van der Waals surface area (Å²) in [6.07, 6.45) is 5.37. The van der Waals surface area contributed by atoms with Crippen LogP contribution in [-0.2, 0) is 0 Å². The van der Waals surface area contributed by atoms with Gasteiger partial charge in [0.15, 0.2) is 0 Å². The predicted octanol–water partition coefficient (Wildman–Crippen LogP) is 6.01. The normalized spacial score (nSPS) is 18.6. The number of ether oxygens (including phenoxy) is 1. The molecule has 1 atom stereocenters. The lowest BCUT2D eigenvalue weighted by molar-refractivity contribution is 0.0660. The summed E-state index contributed by atoms with van der Waals surface area (Å²) in [5.41, 5.74) is 4.37. The first kappa shape index (κ1) is 20.1. The van der Waals surface area contributed by atoms with Gasteiger partial charge in [-0.2, -0.15) is 5.10 Å². The number of aromatic nitrogens is 2. The maximum atomic E-state index is 13.5. The van der Waals surface area contributed by atoms with Crippen LogP contribution in [0.25, 0.3) is 11.3 Å². The number of hydrogen-bond acceptors (Lipinski definition) is 3. The summed E-state index contributed by atoms with van der Waals surface area (Å²) >= 11 is 6.10.